The average Bonchev–Trinajstić information content (AvgIpc) is 3.05. The molecule has 1 atom stereocenters. The Hall–Kier alpha value is -0.630. The Labute approximate surface area is 443 Å². The molecule has 1 unspecified atom stereocenters. The zero-order valence-corrected chi connectivity index (χ0v) is 54.4. The molecule has 0 aliphatic carbocycles. The van der Waals surface area contributed by atoms with Gasteiger partial charge in [-0.2, -0.15) is 26.3 Å². The second kappa shape index (κ2) is 42.5. The minimum atomic E-state index is -4.02. The van der Waals surface area contributed by atoms with E-state index in [0.717, 1.165) is 6.42 Å². The fourth-order valence-corrected chi connectivity index (χ4v) is 4.38. The van der Waals surface area contributed by atoms with Gasteiger partial charge in [0.25, 0.3) is 0 Å². The predicted octanol–water partition coefficient (Wildman–Crippen LogP) is 26.4. The quantitative estimate of drug-likeness (QED) is 0.202. The van der Waals surface area contributed by atoms with E-state index in [2.05, 4.69) is 159 Å². The van der Waals surface area contributed by atoms with Crippen LogP contribution in [0.15, 0.2) is 0 Å². The molecule has 0 aromatic heterocycles. The molecule has 0 saturated heterocycles. The Morgan fingerprint density at radius 3 is 0.606 bits per heavy atom. The van der Waals surface area contributed by atoms with Crippen molar-refractivity contribution in [3.05, 3.63) is 0 Å². The highest BCUT2D eigenvalue weighted by molar-refractivity contribution is 4.67. The third-order valence-electron chi connectivity index (χ3n) is 9.63. The Bertz CT molecular complexity index is 1010. The zero-order chi connectivity index (χ0) is 60.0. The molecule has 0 aromatic carbocycles. The summed E-state index contributed by atoms with van der Waals surface area (Å²) < 4.78 is 105. The monoisotopic (exact) mass is 1050 g/mol. The summed E-state index contributed by atoms with van der Waals surface area (Å²) >= 11 is 0. The third-order valence-corrected chi connectivity index (χ3v) is 9.63. The van der Waals surface area contributed by atoms with Gasteiger partial charge in [0.05, 0.1) is 6.17 Å². The highest BCUT2D eigenvalue weighted by Crippen LogP contribution is 2.32. The smallest absolute Gasteiger partial charge is 0.248 e. The molecule has 0 bridgehead atoms. The Kier molecular flexibility index (Phi) is 53.8. The van der Waals surface area contributed by atoms with Gasteiger partial charge in [0.15, 0.2) is 0 Å². The first-order valence-electron chi connectivity index (χ1n) is 27.6. The topological polar surface area (TPSA) is 0 Å². The van der Waals surface area contributed by atoms with Gasteiger partial charge in [-0.25, -0.2) is 13.2 Å². The number of hydrogen-bond donors (Lipinski definition) is 0. The van der Waals surface area contributed by atoms with Crippen LogP contribution in [0.4, 0.5) is 39.5 Å². The van der Waals surface area contributed by atoms with Crippen molar-refractivity contribution in [2.24, 2.45) is 48.7 Å². The number of unbranched alkanes of at least 4 members (excludes halogenated alkanes) is 2. The minimum Gasteiger partial charge on any atom is -0.248 e. The van der Waals surface area contributed by atoms with Crippen LogP contribution >= 0.6 is 0 Å². The molecule has 0 spiro atoms. The van der Waals surface area contributed by atoms with Crippen LogP contribution in [-0.4, -0.2) is 24.9 Å². The van der Waals surface area contributed by atoms with E-state index >= 15 is 0 Å². The van der Waals surface area contributed by atoms with Gasteiger partial charge in [-0.3, -0.25) is 0 Å². The van der Waals surface area contributed by atoms with Gasteiger partial charge in [0.1, 0.15) is 0 Å². The van der Waals surface area contributed by atoms with Crippen LogP contribution in [0, 0.1) is 48.7 Å². The molecule has 0 amide bonds. The standard InChI is InChI=1S/C8H17F.2C8H18.C7H13F3.C7H16.C6H11F3.C6H12F2.2C6H14/c1-7(9)5-6-8(2,3)4;2*1-5-6-7-8(2,3)4;1-6(2,3)4-5-7(8,9)10;1-5-6-7(2,3)4;1-5(2,3)4-6(7,8)9;1-6(2,3)4-5(7)8;2*1-5-6(2,3)4/h7H,5-6H2,1-4H3;2*5-7H2,1-4H3;4-5H2,1-3H3;5-6H2,1-4H3;4H2,1-3H3;5H,4H2,1-3H3;2*5H2,1-4H3. The number of halogens is 9. The maximum absolute atomic E-state index is 12.2. The van der Waals surface area contributed by atoms with Crippen LogP contribution in [0.25, 0.3) is 0 Å². The molecule has 0 saturated carbocycles. The summed E-state index contributed by atoms with van der Waals surface area (Å²) in [5.74, 6) is 0. The molecule has 0 nitrogen and oxygen atoms in total. The van der Waals surface area contributed by atoms with E-state index in [0.29, 0.717) is 38.9 Å². The van der Waals surface area contributed by atoms with E-state index < -0.39 is 43.2 Å². The molecule has 0 heterocycles. The largest absolute Gasteiger partial charge is 0.389 e. The third kappa shape index (κ3) is 167. The first-order valence-corrected chi connectivity index (χ1v) is 27.6. The fourth-order valence-electron chi connectivity index (χ4n) is 4.38. The van der Waals surface area contributed by atoms with Crippen molar-refractivity contribution in [2.45, 2.75) is 356 Å². The lowest BCUT2D eigenvalue weighted by atomic mass is 9.90. The molecule has 444 valence electrons. The van der Waals surface area contributed by atoms with E-state index in [1.165, 1.54) is 64.2 Å². The maximum atomic E-state index is 12.2. The molecule has 0 fully saturated rings. The molecule has 0 N–H and O–H groups in total. The van der Waals surface area contributed by atoms with Gasteiger partial charge in [0, 0.05) is 19.3 Å². The normalized spacial score (nSPS) is 13.1. The lowest BCUT2D eigenvalue weighted by Crippen LogP contribution is -2.18. The van der Waals surface area contributed by atoms with Crippen molar-refractivity contribution >= 4 is 0 Å². The average molecular weight is 1050 g/mol. The van der Waals surface area contributed by atoms with Gasteiger partial charge in [0.2, 0.25) is 6.43 Å². The van der Waals surface area contributed by atoms with Crippen LogP contribution in [0.2, 0.25) is 0 Å². The highest BCUT2D eigenvalue weighted by atomic mass is 19.4. The number of alkyl halides is 9. The number of hydrogen-bond acceptors (Lipinski definition) is 0. The van der Waals surface area contributed by atoms with E-state index in [-0.39, 0.29) is 23.7 Å². The SMILES string of the molecule is CC(C)(C)CC(F)(F)F.CC(C)(C)CC(F)F.CC(C)(C)CCC(F)(F)F.CC(F)CCC(C)(C)C.CCC(C)(C)C.CCC(C)(C)C.CCCC(C)(C)C.CCCCC(C)(C)C.CCCCC(C)(C)C. The fraction of sp³-hybridized carbons (Fsp3) is 1.00. The summed E-state index contributed by atoms with van der Waals surface area (Å²) in [5.41, 5.74) is 1.95. The van der Waals surface area contributed by atoms with E-state index in [1.54, 1.807) is 69.2 Å². The van der Waals surface area contributed by atoms with E-state index in [1.807, 2.05) is 0 Å². The molecule has 0 aliphatic rings. The molecule has 0 aliphatic heterocycles. The summed E-state index contributed by atoms with van der Waals surface area (Å²) in [7, 11) is 0. The molecule has 0 rings (SSSR count). The van der Waals surface area contributed by atoms with Crippen molar-refractivity contribution in [3.8, 4) is 0 Å². The molecular weight excluding hydrogens is 916 g/mol. The molecule has 9 heteroatoms. The Morgan fingerprint density at radius 1 is 0.296 bits per heavy atom. The lowest BCUT2D eigenvalue weighted by molar-refractivity contribution is -0.152. The number of rotatable bonds is 9. The molecule has 0 radical (unpaired) electrons. The van der Waals surface area contributed by atoms with Gasteiger partial charge in [-0.15, -0.1) is 0 Å². The van der Waals surface area contributed by atoms with Gasteiger partial charge < -0.3 is 0 Å². The molecule has 71 heavy (non-hydrogen) atoms. The lowest BCUT2D eigenvalue weighted by Gasteiger charge is -2.19. The summed E-state index contributed by atoms with van der Waals surface area (Å²) in [6.07, 6.45) is 3.03. The first-order chi connectivity index (χ1) is 30.6. The maximum Gasteiger partial charge on any atom is 0.389 e. The van der Waals surface area contributed by atoms with Crippen molar-refractivity contribution in [1.82, 2.24) is 0 Å². The second-order valence-corrected chi connectivity index (χ2v) is 30.5. The zero-order valence-electron chi connectivity index (χ0n) is 54.4. The summed E-state index contributed by atoms with van der Waals surface area (Å²) in [6.45, 7) is 68.7. The van der Waals surface area contributed by atoms with Crippen LogP contribution in [0.3, 0.4) is 0 Å². The summed E-state index contributed by atoms with van der Waals surface area (Å²) in [4.78, 5) is 0. The predicted molar refractivity (Wildman–Crippen MR) is 306 cm³/mol. The van der Waals surface area contributed by atoms with E-state index in [9.17, 15) is 39.5 Å². The van der Waals surface area contributed by atoms with Gasteiger partial charge in [-0.1, -0.05) is 267 Å². The van der Waals surface area contributed by atoms with Crippen LogP contribution in [0.5, 0.6) is 0 Å². The molecule has 0 aromatic rings. The van der Waals surface area contributed by atoms with E-state index in [4.69, 9.17) is 0 Å². The van der Waals surface area contributed by atoms with Crippen molar-refractivity contribution in [2.75, 3.05) is 0 Å². The van der Waals surface area contributed by atoms with Crippen molar-refractivity contribution in [3.63, 3.8) is 0 Å². The van der Waals surface area contributed by atoms with Crippen molar-refractivity contribution < 1.29 is 39.5 Å². The van der Waals surface area contributed by atoms with Crippen LogP contribution in [-0.2, 0) is 0 Å². The first kappa shape index (κ1) is 89.9. The van der Waals surface area contributed by atoms with Crippen LogP contribution in [0.1, 0.15) is 331 Å². The van der Waals surface area contributed by atoms with Crippen molar-refractivity contribution in [1.29, 1.82) is 0 Å². The van der Waals surface area contributed by atoms with Crippen LogP contribution < -0.4 is 0 Å². The second-order valence-electron chi connectivity index (χ2n) is 30.5. The summed E-state index contributed by atoms with van der Waals surface area (Å²) in [6, 6.07) is 0. The highest BCUT2D eigenvalue weighted by Gasteiger charge is 2.33. The van der Waals surface area contributed by atoms with Gasteiger partial charge >= 0.3 is 12.4 Å². The summed E-state index contributed by atoms with van der Waals surface area (Å²) in [5, 5.41) is 0. The Balaban J connectivity index is -0.0000000874. The minimum absolute atomic E-state index is 0.00694. The van der Waals surface area contributed by atoms with Gasteiger partial charge in [-0.05, 0) is 94.2 Å². The molecular formula is C62H133F9. The Morgan fingerprint density at radius 2 is 0.563 bits per heavy atom.